The fourth-order valence-corrected chi connectivity index (χ4v) is 3.22. The highest BCUT2D eigenvalue weighted by Gasteiger charge is 2.32. The molecular weight excluding hydrogens is 240 g/mol. The molecule has 4 heteroatoms. The van der Waals surface area contributed by atoms with E-state index in [1.807, 2.05) is 0 Å². The van der Waals surface area contributed by atoms with Crippen molar-refractivity contribution in [1.82, 2.24) is 4.90 Å². The van der Waals surface area contributed by atoms with Gasteiger partial charge in [-0.1, -0.05) is 32.6 Å². The number of nitrogens with zero attached hydrogens (tertiary/aromatic N) is 1. The number of nitrogens with two attached hydrogens (primary N) is 1. The van der Waals surface area contributed by atoms with Crippen molar-refractivity contribution in [2.45, 2.75) is 57.2 Å². The lowest BCUT2D eigenvalue weighted by molar-refractivity contribution is -0.120. The van der Waals surface area contributed by atoms with E-state index in [-0.39, 0.29) is 11.7 Å². The highest BCUT2D eigenvalue weighted by Crippen LogP contribution is 2.30. The fourth-order valence-electron chi connectivity index (χ4n) is 3.22. The maximum absolute atomic E-state index is 6.26. The third-order valence-corrected chi connectivity index (χ3v) is 4.63. The van der Waals surface area contributed by atoms with E-state index in [1.165, 1.54) is 25.7 Å². The maximum Gasteiger partial charge on any atom is 0.0935 e. The average molecular weight is 270 g/mol. The summed E-state index contributed by atoms with van der Waals surface area (Å²) >= 11 is 0. The highest BCUT2D eigenvalue weighted by atomic mass is 16.5. The van der Waals surface area contributed by atoms with Crippen molar-refractivity contribution in [3.63, 3.8) is 0 Å². The summed E-state index contributed by atoms with van der Waals surface area (Å²) in [6.45, 7) is 7.53. The van der Waals surface area contributed by atoms with Gasteiger partial charge < -0.3 is 15.2 Å². The summed E-state index contributed by atoms with van der Waals surface area (Å²) in [5.74, 6) is 0. The van der Waals surface area contributed by atoms with E-state index in [0.29, 0.717) is 13.2 Å². The molecule has 1 atom stereocenters. The molecule has 2 fully saturated rings. The molecule has 0 radical (unpaired) electrons. The molecule has 0 bridgehead atoms. The number of ether oxygens (including phenoxy) is 2. The largest absolute Gasteiger partial charge is 0.373 e. The zero-order valence-electron chi connectivity index (χ0n) is 12.4. The van der Waals surface area contributed by atoms with Crippen molar-refractivity contribution in [3.05, 3.63) is 0 Å². The molecular formula is C15H30N2O2. The molecule has 2 N–H and O–H groups in total. The van der Waals surface area contributed by atoms with Crippen LogP contribution in [0.1, 0.15) is 45.4 Å². The Hall–Kier alpha value is -0.160. The lowest BCUT2D eigenvalue weighted by Crippen LogP contribution is -2.47. The van der Waals surface area contributed by atoms with E-state index in [4.69, 9.17) is 15.2 Å². The molecule has 1 aliphatic heterocycles. The number of rotatable bonds is 5. The smallest absolute Gasteiger partial charge is 0.0935 e. The summed E-state index contributed by atoms with van der Waals surface area (Å²) in [5, 5.41) is 0. The summed E-state index contributed by atoms with van der Waals surface area (Å²) in [6.07, 6.45) is 7.62. The number of hydrogen-bond donors (Lipinski definition) is 1. The topological polar surface area (TPSA) is 47.7 Å². The van der Waals surface area contributed by atoms with E-state index < -0.39 is 0 Å². The van der Waals surface area contributed by atoms with E-state index in [0.717, 1.165) is 39.1 Å². The Kier molecular flexibility index (Phi) is 6.07. The van der Waals surface area contributed by atoms with E-state index in [9.17, 15) is 0 Å². The Bertz CT molecular complexity index is 253. The minimum atomic E-state index is -0.0750. The average Bonchev–Trinajstić information content (AvgIpc) is 2.71. The van der Waals surface area contributed by atoms with Gasteiger partial charge >= 0.3 is 0 Å². The van der Waals surface area contributed by atoms with Crippen LogP contribution in [0.4, 0.5) is 0 Å². The molecule has 0 amide bonds. The van der Waals surface area contributed by atoms with Gasteiger partial charge in [-0.25, -0.2) is 0 Å². The third-order valence-electron chi connectivity index (χ3n) is 4.63. The molecule has 0 aromatic heterocycles. The SMILES string of the molecule is CCN1CCOC(COC2(CN)CCCCCC2)C1. The van der Waals surface area contributed by atoms with Crippen LogP contribution >= 0.6 is 0 Å². The molecule has 1 unspecified atom stereocenters. The molecule has 0 aromatic rings. The van der Waals surface area contributed by atoms with Gasteiger partial charge in [0.2, 0.25) is 0 Å². The molecule has 2 aliphatic rings. The van der Waals surface area contributed by atoms with Gasteiger partial charge in [0.05, 0.1) is 24.9 Å². The standard InChI is InChI=1S/C15H30N2O2/c1-2-17-9-10-18-14(11-17)12-19-15(13-16)7-5-3-4-6-8-15/h14H,2-13,16H2,1H3. The number of hydrogen-bond acceptors (Lipinski definition) is 4. The van der Waals surface area contributed by atoms with Crippen LogP contribution in [0.5, 0.6) is 0 Å². The molecule has 0 spiro atoms. The second-order valence-corrected chi connectivity index (χ2v) is 6.00. The van der Waals surface area contributed by atoms with Gasteiger partial charge in [0.25, 0.3) is 0 Å². The van der Waals surface area contributed by atoms with Gasteiger partial charge in [-0.2, -0.15) is 0 Å². The van der Waals surface area contributed by atoms with Gasteiger partial charge in [-0.15, -0.1) is 0 Å². The third kappa shape index (κ3) is 4.42. The highest BCUT2D eigenvalue weighted by molar-refractivity contribution is 4.85. The molecule has 4 nitrogen and oxygen atoms in total. The Balaban J connectivity index is 1.81. The van der Waals surface area contributed by atoms with Crippen LogP contribution in [-0.4, -0.2) is 56.0 Å². The van der Waals surface area contributed by atoms with Crippen molar-refractivity contribution in [3.8, 4) is 0 Å². The minimum absolute atomic E-state index is 0.0750. The fraction of sp³-hybridized carbons (Fsp3) is 1.00. The normalized spacial score (nSPS) is 29.1. The molecule has 1 aliphatic carbocycles. The van der Waals surface area contributed by atoms with E-state index in [1.54, 1.807) is 0 Å². The molecule has 1 saturated heterocycles. The van der Waals surface area contributed by atoms with Gasteiger partial charge in [-0.05, 0) is 19.4 Å². The zero-order valence-corrected chi connectivity index (χ0v) is 12.4. The molecule has 1 heterocycles. The number of likely N-dealkylation sites (N-methyl/N-ethyl adjacent to an activating group) is 1. The van der Waals surface area contributed by atoms with Crippen molar-refractivity contribution < 1.29 is 9.47 Å². The minimum Gasteiger partial charge on any atom is -0.373 e. The Morgan fingerprint density at radius 2 is 2.00 bits per heavy atom. The van der Waals surface area contributed by atoms with Crippen LogP contribution in [0.2, 0.25) is 0 Å². The predicted octanol–water partition coefficient (Wildman–Crippen LogP) is 1.78. The summed E-state index contributed by atoms with van der Waals surface area (Å²) in [5.41, 5.74) is 5.93. The van der Waals surface area contributed by atoms with Crippen molar-refractivity contribution in [1.29, 1.82) is 0 Å². The van der Waals surface area contributed by atoms with Crippen molar-refractivity contribution in [2.75, 3.05) is 39.4 Å². The summed E-state index contributed by atoms with van der Waals surface area (Å²) in [4.78, 5) is 2.43. The Morgan fingerprint density at radius 3 is 2.63 bits per heavy atom. The molecule has 112 valence electrons. The Labute approximate surface area is 117 Å². The first-order valence-electron chi connectivity index (χ1n) is 7.96. The molecule has 0 aromatic carbocycles. The summed E-state index contributed by atoms with van der Waals surface area (Å²) in [7, 11) is 0. The first-order valence-corrected chi connectivity index (χ1v) is 7.96. The summed E-state index contributed by atoms with van der Waals surface area (Å²) in [6, 6.07) is 0. The second-order valence-electron chi connectivity index (χ2n) is 6.00. The van der Waals surface area contributed by atoms with Gasteiger partial charge in [0.1, 0.15) is 0 Å². The lowest BCUT2D eigenvalue weighted by atomic mass is 9.94. The summed E-state index contributed by atoms with van der Waals surface area (Å²) < 4.78 is 12.1. The lowest BCUT2D eigenvalue weighted by Gasteiger charge is -2.36. The van der Waals surface area contributed by atoms with Gasteiger partial charge in [0.15, 0.2) is 0 Å². The maximum atomic E-state index is 6.26. The first-order chi connectivity index (χ1) is 9.28. The van der Waals surface area contributed by atoms with E-state index in [2.05, 4.69) is 11.8 Å². The van der Waals surface area contributed by atoms with Crippen LogP contribution in [0, 0.1) is 0 Å². The molecule has 2 rings (SSSR count). The van der Waals surface area contributed by atoms with E-state index >= 15 is 0 Å². The van der Waals surface area contributed by atoms with Crippen LogP contribution in [0.25, 0.3) is 0 Å². The quantitative estimate of drug-likeness (QED) is 0.774. The second kappa shape index (κ2) is 7.58. The van der Waals surface area contributed by atoms with Crippen LogP contribution in [-0.2, 0) is 9.47 Å². The van der Waals surface area contributed by atoms with Crippen molar-refractivity contribution in [2.24, 2.45) is 5.73 Å². The van der Waals surface area contributed by atoms with Gasteiger partial charge in [0, 0.05) is 19.6 Å². The Morgan fingerprint density at radius 1 is 1.26 bits per heavy atom. The first kappa shape index (κ1) is 15.2. The van der Waals surface area contributed by atoms with Crippen molar-refractivity contribution >= 4 is 0 Å². The van der Waals surface area contributed by atoms with Gasteiger partial charge in [-0.3, -0.25) is 4.90 Å². The predicted molar refractivity (Wildman–Crippen MR) is 77.3 cm³/mol. The molecule has 19 heavy (non-hydrogen) atoms. The monoisotopic (exact) mass is 270 g/mol. The molecule has 1 saturated carbocycles. The van der Waals surface area contributed by atoms with Crippen LogP contribution in [0.3, 0.4) is 0 Å². The van der Waals surface area contributed by atoms with Crippen LogP contribution < -0.4 is 5.73 Å². The van der Waals surface area contributed by atoms with Crippen LogP contribution in [0.15, 0.2) is 0 Å². The zero-order chi connectivity index (χ0) is 13.6. The number of morpholine rings is 1.